The van der Waals surface area contributed by atoms with Gasteiger partial charge in [0.2, 0.25) is 0 Å². The molecule has 0 saturated heterocycles. The Morgan fingerprint density at radius 2 is 1.85 bits per heavy atom. The van der Waals surface area contributed by atoms with Crippen molar-refractivity contribution in [3.63, 3.8) is 0 Å². The van der Waals surface area contributed by atoms with Crippen molar-refractivity contribution in [1.82, 2.24) is 0 Å². The van der Waals surface area contributed by atoms with E-state index in [4.69, 9.17) is 14.7 Å². The lowest BCUT2D eigenvalue weighted by Crippen LogP contribution is -3.08. The minimum Gasteiger partial charge on any atom is -0.490 e. The van der Waals surface area contributed by atoms with E-state index in [2.05, 4.69) is 11.4 Å². The number of nitrogens with zero attached hydrogens (tertiary/aromatic N) is 1. The zero-order valence-electron chi connectivity index (χ0n) is 16.0. The van der Waals surface area contributed by atoms with Crippen LogP contribution in [-0.4, -0.2) is 32.7 Å². The molecular formula is C21H26N3O3+. The summed E-state index contributed by atoms with van der Waals surface area (Å²) in [7, 11) is 1.95. The number of hydrogen-bond acceptors (Lipinski definition) is 4. The Hall–Kier alpha value is -3.04. The first-order valence-electron chi connectivity index (χ1n) is 9.05. The van der Waals surface area contributed by atoms with Crippen molar-refractivity contribution in [3.05, 3.63) is 53.6 Å². The number of nitrogens with one attached hydrogen (secondary N) is 2. The Morgan fingerprint density at radius 1 is 1.11 bits per heavy atom. The fourth-order valence-corrected chi connectivity index (χ4v) is 2.77. The van der Waals surface area contributed by atoms with E-state index in [1.54, 1.807) is 24.3 Å². The zero-order chi connectivity index (χ0) is 19.6. The SMILES string of the molecule is CCOc1ccc(NC(=O)C[NH+](C)Cc2cccc(C#N)c2)cc1OCC. The van der Waals surface area contributed by atoms with Gasteiger partial charge in [-0.25, -0.2) is 0 Å². The van der Waals surface area contributed by atoms with E-state index < -0.39 is 0 Å². The van der Waals surface area contributed by atoms with E-state index in [9.17, 15) is 4.79 Å². The largest absolute Gasteiger partial charge is 0.490 e. The van der Waals surface area contributed by atoms with Gasteiger partial charge < -0.3 is 19.7 Å². The minimum atomic E-state index is -0.0875. The first kappa shape index (κ1) is 20.3. The molecule has 0 aromatic heterocycles. The van der Waals surface area contributed by atoms with Gasteiger partial charge in [-0.15, -0.1) is 0 Å². The van der Waals surface area contributed by atoms with Crippen molar-refractivity contribution < 1.29 is 19.2 Å². The molecule has 0 aliphatic rings. The molecule has 2 aromatic carbocycles. The van der Waals surface area contributed by atoms with Gasteiger partial charge in [0.15, 0.2) is 18.0 Å². The highest BCUT2D eigenvalue weighted by Gasteiger charge is 2.13. The standard InChI is InChI=1S/C21H25N3O3/c1-4-26-19-10-9-18(12-20(19)27-5-2)23-21(25)15-24(3)14-17-8-6-7-16(11-17)13-22/h6-12H,4-5,14-15H2,1-3H3,(H,23,25)/p+1. The molecule has 2 N–H and O–H groups in total. The third-order valence-electron chi connectivity index (χ3n) is 3.85. The number of carbonyl (C=O) groups is 1. The number of benzene rings is 2. The molecule has 0 spiro atoms. The maximum Gasteiger partial charge on any atom is 0.279 e. The number of hydrogen-bond donors (Lipinski definition) is 2. The summed E-state index contributed by atoms with van der Waals surface area (Å²) in [5.74, 6) is 1.19. The second-order valence-corrected chi connectivity index (χ2v) is 6.20. The first-order chi connectivity index (χ1) is 13.0. The van der Waals surface area contributed by atoms with E-state index in [1.165, 1.54) is 0 Å². The van der Waals surface area contributed by atoms with Gasteiger partial charge in [0.1, 0.15) is 6.54 Å². The molecule has 6 heteroatoms. The van der Waals surface area contributed by atoms with Crippen molar-refractivity contribution in [3.8, 4) is 17.6 Å². The molecule has 27 heavy (non-hydrogen) atoms. The Labute approximate surface area is 160 Å². The molecule has 0 saturated carbocycles. The molecular weight excluding hydrogens is 342 g/mol. The van der Waals surface area contributed by atoms with Crippen LogP contribution in [0.5, 0.6) is 11.5 Å². The highest BCUT2D eigenvalue weighted by molar-refractivity contribution is 5.91. The molecule has 0 heterocycles. The monoisotopic (exact) mass is 368 g/mol. The number of nitriles is 1. The average molecular weight is 368 g/mol. The van der Waals surface area contributed by atoms with Crippen molar-refractivity contribution in [2.45, 2.75) is 20.4 Å². The number of ether oxygens (including phenoxy) is 2. The molecule has 6 nitrogen and oxygen atoms in total. The van der Waals surface area contributed by atoms with Crippen LogP contribution in [0.15, 0.2) is 42.5 Å². The van der Waals surface area contributed by atoms with Gasteiger partial charge in [-0.3, -0.25) is 4.79 Å². The fourth-order valence-electron chi connectivity index (χ4n) is 2.77. The predicted octanol–water partition coefficient (Wildman–Crippen LogP) is 2.01. The van der Waals surface area contributed by atoms with E-state index in [1.807, 2.05) is 39.1 Å². The van der Waals surface area contributed by atoms with E-state index in [0.29, 0.717) is 49.1 Å². The molecule has 1 unspecified atom stereocenters. The van der Waals surface area contributed by atoms with Crippen LogP contribution in [0.2, 0.25) is 0 Å². The number of likely N-dealkylation sites (N-methyl/N-ethyl adjacent to an activating group) is 1. The number of rotatable bonds is 9. The third kappa shape index (κ3) is 6.32. The lowest BCUT2D eigenvalue weighted by atomic mass is 10.1. The maximum atomic E-state index is 12.4. The third-order valence-corrected chi connectivity index (χ3v) is 3.85. The summed E-state index contributed by atoms with van der Waals surface area (Å²) in [4.78, 5) is 13.4. The first-order valence-corrected chi connectivity index (χ1v) is 9.05. The van der Waals surface area contributed by atoms with Crippen LogP contribution in [0.3, 0.4) is 0 Å². The van der Waals surface area contributed by atoms with Crippen LogP contribution in [-0.2, 0) is 11.3 Å². The lowest BCUT2D eigenvalue weighted by molar-refractivity contribution is -0.885. The van der Waals surface area contributed by atoms with E-state index >= 15 is 0 Å². The van der Waals surface area contributed by atoms with Gasteiger partial charge in [0, 0.05) is 17.3 Å². The molecule has 1 atom stereocenters. The summed E-state index contributed by atoms with van der Waals surface area (Å²) in [5.41, 5.74) is 2.33. The van der Waals surface area contributed by atoms with Crippen LogP contribution >= 0.6 is 0 Å². The summed E-state index contributed by atoms with van der Waals surface area (Å²) < 4.78 is 11.1. The predicted molar refractivity (Wildman–Crippen MR) is 104 cm³/mol. The van der Waals surface area contributed by atoms with Crippen molar-refractivity contribution >= 4 is 11.6 Å². The Morgan fingerprint density at radius 3 is 2.56 bits per heavy atom. The summed E-state index contributed by atoms with van der Waals surface area (Å²) in [6.07, 6.45) is 0. The molecule has 0 radical (unpaired) electrons. The second kappa shape index (κ2) is 10.2. The topological polar surface area (TPSA) is 75.8 Å². The molecule has 0 fully saturated rings. The van der Waals surface area contributed by atoms with Gasteiger partial charge in [-0.2, -0.15) is 5.26 Å². The van der Waals surface area contributed by atoms with Crippen molar-refractivity contribution in [2.24, 2.45) is 0 Å². The van der Waals surface area contributed by atoms with Crippen molar-refractivity contribution in [2.75, 3.05) is 32.1 Å². The quantitative estimate of drug-likeness (QED) is 0.710. The van der Waals surface area contributed by atoms with Gasteiger partial charge in [-0.05, 0) is 38.1 Å². The average Bonchev–Trinajstić information content (AvgIpc) is 2.64. The van der Waals surface area contributed by atoms with Crippen molar-refractivity contribution in [1.29, 1.82) is 5.26 Å². The van der Waals surface area contributed by atoms with E-state index in [-0.39, 0.29) is 5.91 Å². The van der Waals surface area contributed by atoms with Crippen LogP contribution in [0, 0.1) is 11.3 Å². The number of anilines is 1. The summed E-state index contributed by atoms with van der Waals surface area (Å²) in [5, 5.41) is 11.9. The summed E-state index contributed by atoms with van der Waals surface area (Å²) in [6, 6.07) is 15.0. The Balaban J connectivity index is 1.96. The summed E-state index contributed by atoms with van der Waals surface area (Å²) >= 11 is 0. The molecule has 1 amide bonds. The molecule has 2 aromatic rings. The van der Waals surface area contributed by atoms with Crippen LogP contribution in [0.4, 0.5) is 5.69 Å². The van der Waals surface area contributed by atoms with Gasteiger partial charge in [-0.1, -0.05) is 12.1 Å². The molecule has 0 aliphatic heterocycles. The van der Waals surface area contributed by atoms with Gasteiger partial charge >= 0.3 is 0 Å². The molecule has 2 rings (SSSR count). The summed E-state index contributed by atoms with van der Waals surface area (Å²) in [6.45, 7) is 5.86. The van der Waals surface area contributed by atoms with Gasteiger partial charge in [0.05, 0.1) is 31.9 Å². The van der Waals surface area contributed by atoms with Crippen LogP contribution < -0.4 is 19.7 Å². The zero-order valence-corrected chi connectivity index (χ0v) is 16.0. The number of amides is 1. The highest BCUT2D eigenvalue weighted by atomic mass is 16.5. The van der Waals surface area contributed by atoms with Crippen LogP contribution in [0.1, 0.15) is 25.0 Å². The number of quaternary nitrogens is 1. The Kier molecular flexibility index (Phi) is 7.65. The normalized spacial score (nSPS) is 11.3. The highest BCUT2D eigenvalue weighted by Crippen LogP contribution is 2.30. The molecule has 0 bridgehead atoms. The molecule has 0 aliphatic carbocycles. The maximum absolute atomic E-state index is 12.4. The molecule has 142 valence electrons. The van der Waals surface area contributed by atoms with Crippen LogP contribution in [0.25, 0.3) is 0 Å². The lowest BCUT2D eigenvalue weighted by Gasteiger charge is -2.15. The number of carbonyl (C=O) groups excluding carboxylic acids is 1. The fraction of sp³-hybridized carbons (Fsp3) is 0.333. The second-order valence-electron chi connectivity index (χ2n) is 6.20. The smallest absolute Gasteiger partial charge is 0.279 e. The minimum absolute atomic E-state index is 0.0875. The van der Waals surface area contributed by atoms with Gasteiger partial charge in [0.25, 0.3) is 5.91 Å². The Bertz CT molecular complexity index is 815. The van der Waals surface area contributed by atoms with E-state index in [0.717, 1.165) is 10.5 Å².